The van der Waals surface area contributed by atoms with Crippen molar-refractivity contribution in [3.63, 3.8) is 0 Å². The summed E-state index contributed by atoms with van der Waals surface area (Å²) in [5.41, 5.74) is 6.23. The molecule has 19 heavy (non-hydrogen) atoms. The van der Waals surface area contributed by atoms with Gasteiger partial charge in [-0.05, 0) is 37.5 Å². The molecule has 0 heterocycles. The van der Waals surface area contributed by atoms with Crippen molar-refractivity contribution in [3.05, 3.63) is 0 Å². The van der Waals surface area contributed by atoms with Gasteiger partial charge < -0.3 is 15.8 Å². The van der Waals surface area contributed by atoms with Gasteiger partial charge in [-0.3, -0.25) is 4.99 Å². The van der Waals surface area contributed by atoms with Crippen LogP contribution in [0.25, 0.3) is 0 Å². The van der Waals surface area contributed by atoms with Crippen LogP contribution in [0.15, 0.2) is 4.99 Å². The number of hydrogen-bond donors (Lipinski definition) is 2. The summed E-state index contributed by atoms with van der Waals surface area (Å²) in [7, 11) is 0. The van der Waals surface area contributed by atoms with Crippen molar-refractivity contribution in [2.45, 2.75) is 46.5 Å². The van der Waals surface area contributed by atoms with Crippen LogP contribution in [0.5, 0.6) is 0 Å². The molecule has 0 saturated heterocycles. The second kappa shape index (κ2) is 9.80. The normalized spacial score (nSPS) is 17.8. The largest absolute Gasteiger partial charge is 0.382 e. The summed E-state index contributed by atoms with van der Waals surface area (Å²) in [6.07, 6.45) is 4.96. The first kappa shape index (κ1) is 19.0. The minimum absolute atomic E-state index is 0. The van der Waals surface area contributed by atoms with E-state index in [9.17, 15) is 0 Å². The molecule has 1 aliphatic rings. The fraction of sp³-hybridized carbons (Fsp3) is 0.929. The molecule has 0 atom stereocenters. The summed E-state index contributed by atoms with van der Waals surface area (Å²) in [6, 6.07) is 0. The molecule has 0 amide bonds. The van der Waals surface area contributed by atoms with Crippen LogP contribution in [0, 0.1) is 11.3 Å². The molecule has 1 aliphatic carbocycles. The summed E-state index contributed by atoms with van der Waals surface area (Å²) >= 11 is 0. The van der Waals surface area contributed by atoms with Gasteiger partial charge in [-0.15, -0.1) is 24.0 Å². The first-order valence-corrected chi connectivity index (χ1v) is 7.19. The van der Waals surface area contributed by atoms with Crippen LogP contribution >= 0.6 is 24.0 Å². The molecule has 0 bridgehead atoms. The van der Waals surface area contributed by atoms with E-state index in [0.717, 1.165) is 32.7 Å². The third kappa shape index (κ3) is 7.34. The lowest BCUT2D eigenvalue weighted by Crippen LogP contribution is -2.38. The zero-order valence-corrected chi connectivity index (χ0v) is 14.9. The van der Waals surface area contributed by atoms with Crippen molar-refractivity contribution in [3.8, 4) is 0 Å². The van der Waals surface area contributed by atoms with Crippen LogP contribution in [0.4, 0.5) is 0 Å². The van der Waals surface area contributed by atoms with Gasteiger partial charge in [0.15, 0.2) is 5.96 Å². The summed E-state index contributed by atoms with van der Waals surface area (Å²) in [4.78, 5) is 4.50. The van der Waals surface area contributed by atoms with E-state index in [1.165, 1.54) is 19.3 Å². The Morgan fingerprint density at radius 2 is 2.11 bits per heavy atom. The van der Waals surface area contributed by atoms with Crippen LogP contribution in [-0.4, -0.2) is 32.3 Å². The maximum atomic E-state index is 5.87. The second-order valence-corrected chi connectivity index (χ2v) is 5.78. The molecule has 1 saturated carbocycles. The summed E-state index contributed by atoms with van der Waals surface area (Å²) < 4.78 is 5.46. The van der Waals surface area contributed by atoms with Crippen LogP contribution < -0.4 is 11.1 Å². The average Bonchev–Trinajstić information content (AvgIpc) is 2.29. The molecule has 0 unspecified atom stereocenters. The fourth-order valence-electron chi connectivity index (χ4n) is 2.21. The van der Waals surface area contributed by atoms with E-state index in [0.29, 0.717) is 17.3 Å². The van der Waals surface area contributed by atoms with Gasteiger partial charge in [-0.25, -0.2) is 0 Å². The first-order chi connectivity index (χ1) is 8.58. The Bertz CT molecular complexity index is 265. The predicted molar refractivity (Wildman–Crippen MR) is 92.1 cm³/mol. The Balaban J connectivity index is 0.00000324. The van der Waals surface area contributed by atoms with Crippen molar-refractivity contribution < 1.29 is 4.74 Å². The van der Waals surface area contributed by atoms with Crippen LogP contribution in [-0.2, 0) is 4.74 Å². The standard InChI is InChI=1S/C14H29N3O.HI/c1-4-18-9-8-14(6-5-7-14)11-17-13(15)16-10-12(2)3;/h12H,4-11H2,1-3H3,(H3,15,16,17);1H. The van der Waals surface area contributed by atoms with Crippen molar-refractivity contribution in [2.24, 2.45) is 22.1 Å². The van der Waals surface area contributed by atoms with E-state index in [1.54, 1.807) is 0 Å². The van der Waals surface area contributed by atoms with E-state index in [4.69, 9.17) is 10.5 Å². The third-order valence-corrected chi connectivity index (χ3v) is 3.67. The SMILES string of the molecule is CCOCCC1(CN=C(N)NCC(C)C)CCC1.I. The second-order valence-electron chi connectivity index (χ2n) is 5.78. The Labute approximate surface area is 135 Å². The van der Waals surface area contributed by atoms with Crippen molar-refractivity contribution in [2.75, 3.05) is 26.3 Å². The number of nitrogens with two attached hydrogens (primary N) is 1. The Morgan fingerprint density at radius 1 is 1.42 bits per heavy atom. The van der Waals surface area contributed by atoms with E-state index < -0.39 is 0 Å². The van der Waals surface area contributed by atoms with Gasteiger partial charge in [0.2, 0.25) is 0 Å². The highest BCUT2D eigenvalue weighted by molar-refractivity contribution is 14.0. The van der Waals surface area contributed by atoms with Gasteiger partial charge in [0.05, 0.1) is 0 Å². The van der Waals surface area contributed by atoms with Gasteiger partial charge >= 0.3 is 0 Å². The number of nitrogens with one attached hydrogen (secondary N) is 1. The number of guanidine groups is 1. The number of nitrogens with zero attached hydrogens (tertiary/aromatic N) is 1. The third-order valence-electron chi connectivity index (χ3n) is 3.67. The maximum Gasteiger partial charge on any atom is 0.188 e. The van der Waals surface area contributed by atoms with E-state index in [2.05, 4.69) is 24.2 Å². The highest BCUT2D eigenvalue weighted by Gasteiger charge is 2.36. The summed E-state index contributed by atoms with van der Waals surface area (Å²) in [6.45, 7) is 9.76. The Kier molecular flexibility index (Phi) is 9.78. The molecule has 0 aromatic carbocycles. The molecular weight excluding hydrogens is 353 g/mol. The highest BCUT2D eigenvalue weighted by atomic mass is 127. The number of aliphatic imine (C=N–C) groups is 1. The van der Waals surface area contributed by atoms with Gasteiger partial charge in [-0.1, -0.05) is 20.3 Å². The highest BCUT2D eigenvalue weighted by Crippen LogP contribution is 2.44. The lowest BCUT2D eigenvalue weighted by atomic mass is 9.67. The smallest absolute Gasteiger partial charge is 0.188 e. The van der Waals surface area contributed by atoms with E-state index in [1.807, 2.05) is 6.92 Å². The minimum Gasteiger partial charge on any atom is -0.382 e. The predicted octanol–water partition coefficient (Wildman–Crippen LogP) is 2.76. The van der Waals surface area contributed by atoms with Crippen molar-refractivity contribution in [1.82, 2.24) is 5.32 Å². The number of rotatable bonds is 8. The van der Waals surface area contributed by atoms with Crippen LogP contribution in [0.3, 0.4) is 0 Å². The van der Waals surface area contributed by atoms with Gasteiger partial charge in [0.1, 0.15) is 0 Å². The molecule has 1 rings (SSSR count). The quantitative estimate of drug-likeness (QED) is 0.293. The summed E-state index contributed by atoms with van der Waals surface area (Å²) in [5.74, 6) is 1.18. The molecule has 0 aliphatic heterocycles. The number of hydrogen-bond acceptors (Lipinski definition) is 2. The first-order valence-electron chi connectivity index (χ1n) is 7.19. The molecule has 0 aromatic rings. The molecule has 3 N–H and O–H groups in total. The maximum absolute atomic E-state index is 5.87. The lowest BCUT2D eigenvalue weighted by Gasteiger charge is -2.40. The van der Waals surface area contributed by atoms with E-state index in [-0.39, 0.29) is 24.0 Å². The molecule has 5 heteroatoms. The van der Waals surface area contributed by atoms with Crippen LogP contribution in [0.1, 0.15) is 46.5 Å². The Morgan fingerprint density at radius 3 is 2.58 bits per heavy atom. The number of ether oxygens (including phenoxy) is 1. The van der Waals surface area contributed by atoms with Crippen LogP contribution in [0.2, 0.25) is 0 Å². The van der Waals surface area contributed by atoms with E-state index >= 15 is 0 Å². The number of halogens is 1. The monoisotopic (exact) mass is 383 g/mol. The average molecular weight is 383 g/mol. The molecule has 114 valence electrons. The van der Waals surface area contributed by atoms with Gasteiger partial charge in [0, 0.05) is 26.3 Å². The molecular formula is C14H30IN3O. The Hall–Kier alpha value is -0.0400. The van der Waals surface area contributed by atoms with Crippen molar-refractivity contribution in [1.29, 1.82) is 0 Å². The minimum atomic E-state index is 0. The molecule has 1 fully saturated rings. The molecule has 0 spiro atoms. The molecule has 0 aromatic heterocycles. The fourth-order valence-corrected chi connectivity index (χ4v) is 2.21. The zero-order valence-electron chi connectivity index (χ0n) is 12.6. The molecule has 4 nitrogen and oxygen atoms in total. The van der Waals surface area contributed by atoms with Gasteiger partial charge in [0.25, 0.3) is 0 Å². The molecule has 0 radical (unpaired) electrons. The lowest BCUT2D eigenvalue weighted by molar-refractivity contribution is 0.0609. The topological polar surface area (TPSA) is 59.6 Å². The zero-order chi connectivity index (χ0) is 13.4. The van der Waals surface area contributed by atoms with Crippen molar-refractivity contribution >= 4 is 29.9 Å². The van der Waals surface area contributed by atoms with Gasteiger partial charge in [-0.2, -0.15) is 0 Å². The summed E-state index contributed by atoms with van der Waals surface area (Å²) in [5, 5.41) is 3.17.